The summed E-state index contributed by atoms with van der Waals surface area (Å²) in [5.74, 6) is -0.167. The minimum atomic E-state index is -0.523. The summed E-state index contributed by atoms with van der Waals surface area (Å²) in [5, 5.41) is 0. The third-order valence-electron chi connectivity index (χ3n) is 2.69. The van der Waals surface area contributed by atoms with Crippen LogP contribution in [0.2, 0.25) is 0 Å². The zero-order chi connectivity index (χ0) is 11.7. The first-order valence-electron chi connectivity index (χ1n) is 5.04. The first-order chi connectivity index (χ1) is 7.63. The SMILES string of the molecule is COc1ccc(F)c(N2CCC(N)C2=O)c1. The molecule has 0 saturated carbocycles. The first kappa shape index (κ1) is 10.9. The van der Waals surface area contributed by atoms with Gasteiger partial charge in [0.1, 0.15) is 11.6 Å². The number of carbonyl (C=O) groups excluding carboxylic acids is 1. The average Bonchev–Trinajstić information content (AvgIpc) is 2.61. The highest BCUT2D eigenvalue weighted by atomic mass is 19.1. The van der Waals surface area contributed by atoms with Crippen molar-refractivity contribution in [2.75, 3.05) is 18.6 Å². The van der Waals surface area contributed by atoms with Crippen molar-refractivity contribution >= 4 is 11.6 Å². The number of benzene rings is 1. The fourth-order valence-electron chi connectivity index (χ4n) is 1.77. The van der Waals surface area contributed by atoms with E-state index < -0.39 is 11.9 Å². The third kappa shape index (κ3) is 1.74. The fourth-order valence-corrected chi connectivity index (χ4v) is 1.77. The summed E-state index contributed by atoms with van der Waals surface area (Å²) in [7, 11) is 1.49. The van der Waals surface area contributed by atoms with Crippen LogP contribution in [0, 0.1) is 5.82 Å². The van der Waals surface area contributed by atoms with Crippen molar-refractivity contribution in [3.05, 3.63) is 24.0 Å². The fraction of sp³-hybridized carbons (Fsp3) is 0.364. The van der Waals surface area contributed by atoms with E-state index in [1.165, 1.54) is 30.2 Å². The molecule has 0 aliphatic carbocycles. The van der Waals surface area contributed by atoms with Gasteiger partial charge < -0.3 is 15.4 Å². The molecular weight excluding hydrogens is 211 g/mol. The summed E-state index contributed by atoms with van der Waals surface area (Å²) in [6, 6.07) is 3.78. The molecule has 1 heterocycles. The summed E-state index contributed by atoms with van der Waals surface area (Å²) < 4.78 is 18.6. The zero-order valence-electron chi connectivity index (χ0n) is 8.94. The van der Waals surface area contributed by atoms with Crippen LogP contribution in [0.5, 0.6) is 5.75 Å². The smallest absolute Gasteiger partial charge is 0.244 e. The van der Waals surface area contributed by atoms with Crippen molar-refractivity contribution in [1.82, 2.24) is 0 Å². The quantitative estimate of drug-likeness (QED) is 0.812. The highest BCUT2D eigenvalue weighted by molar-refractivity contribution is 5.99. The maximum absolute atomic E-state index is 13.6. The molecule has 1 unspecified atom stereocenters. The molecule has 0 aromatic heterocycles. The Hall–Kier alpha value is -1.62. The van der Waals surface area contributed by atoms with Crippen LogP contribution in [0.3, 0.4) is 0 Å². The van der Waals surface area contributed by atoms with E-state index in [4.69, 9.17) is 10.5 Å². The summed E-state index contributed by atoms with van der Waals surface area (Å²) in [5.41, 5.74) is 5.82. The second-order valence-electron chi connectivity index (χ2n) is 3.70. The average molecular weight is 224 g/mol. The van der Waals surface area contributed by atoms with Crippen molar-refractivity contribution in [3.8, 4) is 5.75 Å². The number of nitrogens with zero attached hydrogens (tertiary/aromatic N) is 1. The molecule has 1 aliphatic heterocycles. The van der Waals surface area contributed by atoms with Crippen molar-refractivity contribution in [2.24, 2.45) is 5.73 Å². The van der Waals surface area contributed by atoms with Crippen LogP contribution in [0.25, 0.3) is 0 Å². The number of halogens is 1. The number of carbonyl (C=O) groups is 1. The number of methoxy groups -OCH3 is 1. The molecule has 4 nitrogen and oxygen atoms in total. The summed E-state index contributed by atoms with van der Waals surface area (Å²) in [4.78, 5) is 13.0. The molecule has 5 heteroatoms. The number of ether oxygens (including phenoxy) is 1. The van der Waals surface area contributed by atoms with Crippen molar-refractivity contribution in [2.45, 2.75) is 12.5 Å². The Bertz CT molecular complexity index is 422. The Morgan fingerprint density at radius 1 is 1.56 bits per heavy atom. The van der Waals surface area contributed by atoms with Gasteiger partial charge in [0.25, 0.3) is 0 Å². The van der Waals surface area contributed by atoms with Crippen LogP contribution in [-0.2, 0) is 4.79 Å². The highest BCUT2D eigenvalue weighted by Gasteiger charge is 2.31. The van der Waals surface area contributed by atoms with Gasteiger partial charge in [0.2, 0.25) is 5.91 Å². The van der Waals surface area contributed by atoms with E-state index in [0.29, 0.717) is 18.7 Å². The lowest BCUT2D eigenvalue weighted by molar-refractivity contribution is -0.118. The number of amides is 1. The van der Waals surface area contributed by atoms with Crippen LogP contribution in [0.1, 0.15) is 6.42 Å². The van der Waals surface area contributed by atoms with Gasteiger partial charge in [-0.3, -0.25) is 4.79 Å². The minimum absolute atomic E-state index is 0.234. The minimum Gasteiger partial charge on any atom is -0.497 e. The maximum Gasteiger partial charge on any atom is 0.244 e. The lowest BCUT2D eigenvalue weighted by Gasteiger charge is -2.17. The monoisotopic (exact) mass is 224 g/mol. The molecule has 0 bridgehead atoms. The Kier molecular flexibility index (Phi) is 2.78. The van der Waals surface area contributed by atoms with Crippen molar-refractivity contribution < 1.29 is 13.9 Å². The predicted molar refractivity (Wildman–Crippen MR) is 57.9 cm³/mol. The van der Waals surface area contributed by atoms with Gasteiger partial charge in [-0.05, 0) is 18.6 Å². The van der Waals surface area contributed by atoms with Gasteiger partial charge in [-0.25, -0.2) is 4.39 Å². The lowest BCUT2D eigenvalue weighted by atomic mass is 10.2. The topological polar surface area (TPSA) is 55.6 Å². The van der Waals surface area contributed by atoms with E-state index >= 15 is 0 Å². The molecule has 0 spiro atoms. The lowest BCUT2D eigenvalue weighted by Crippen LogP contribution is -2.34. The molecule has 0 radical (unpaired) electrons. The van der Waals surface area contributed by atoms with Gasteiger partial charge in [-0.2, -0.15) is 0 Å². The standard InChI is InChI=1S/C11H13FN2O2/c1-16-7-2-3-8(12)10(6-7)14-5-4-9(13)11(14)15/h2-3,6,9H,4-5,13H2,1H3. The largest absolute Gasteiger partial charge is 0.497 e. The van der Waals surface area contributed by atoms with Gasteiger partial charge in [0.15, 0.2) is 0 Å². The number of anilines is 1. The van der Waals surface area contributed by atoms with E-state index in [0.717, 1.165) is 0 Å². The number of hydrogen-bond donors (Lipinski definition) is 1. The zero-order valence-corrected chi connectivity index (χ0v) is 8.94. The molecule has 86 valence electrons. The second kappa shape index (κ2) is 4.09. The molecule has 1 aromatic carbocycles. The van der Waals surface area contributed by atoms with E-state index in [9.17, 15) is 9.18 Å². The molecule has 1 atom stereocenters. The van der Waals surface area contributed by atoms with Crippen LogP contribution in [0.4, 0.5) is 10.1 Å². The van der Waals surface area contributed by atoms with Crippen LogP contribution < -0.4 is 15.4 Å². The molecule has 1 amide bonds. The Morgan fingerprint density at radius 2 is 2.31 bits per heavy atom. The molecule has 2 rings (SSSR count). The van der Waals surface area contributed by atoms with Gasteiger partial charge in [-0.15, -0.1) is 0 Å². The third-order valence-corrected chi connectivity index (χ3v) is 2.69. The van der Waals surface area contributed by atoms with Gasteiger partial charge in [-0.1, -0.05) is 0 Å². The Labute approximate surface area is 92.8 Å². The second-order valence-corrected chi connectivity index (χ2v) is 3.70. The Balaban J connectivity index is 2.36. The number of hydrogen-bond acceptors (Lipinski definition) is 3. The van der Waals surface area contributed by atoms with E-state index in [2.05, 4.69) is 0 Å². The van der Waals surface area contributed by atoms with E-state index in [1.54, 1.807) is 0 Å². The molecule has 1 aliphatic rings. The number of nitrogens with two attached hydrogens (primary N) is 1. The Morgan fingerprint density at radius 3 is 2.88 bits per heavy atom. The molecule has 1 fully saturated rings. The van der Waals surface area contributed by atoms with Gasteiger partial charge in [0, 0.05) is 12.6 Å². The molecular formula is C11H13FN2O2. The van der Waals surface area contributed by atoms with E-state index in [1.807, 2.05) is 0 Å². The van der Waals surface area contributed by atoms with Crippen molar-refractivity contribution in [1.29, 1.82) is 0 Å². The van der Waals surface area contributed by atoms with Crippen LogP contribution in [-0.4, -0.2) is 25.6 Å². The molecule has 2 N–H and O–H groups in total. The summed E-state index contributed by atoms with van der Waals surface area (Å²) >= 11 is 0. The first-order valence-corrected chi connectivity index (χ1v) is 5.04. The molecule has 16 heavy (non-hydrogen) atoms. The van der Waals surface area contributed by atoms with Crippen LogP contribution in [0.15, 0.2) is 18.2 Å². The van der Waals surface area contributed by atoms with Crippen molar-refractivity contribution in [3.63, 3.8) is 0 Å². The summed E-state index contributed by atoms with van der Waals surface area (Å²) in [6.45, 7) is 0.448. The summed E-state index contributed by atoms with van der Waals surface area (Å²) in [6.07, 6.45) is 0.551. The van der Waals surface area contributed by atoms with Gasteiger partial charge in [0.05, 0.1) is 18.8 Å². The molecule has 1 aromatic rings. The number of rotatable bonds is 2. The normalized spacial score (nSPS) is 20.3. The van der Waals surface area contributed by atoms with Crippen LogP contribution >= 0.6 is 0 Å². The molecule has 1 saturated heterocycles. The maximum atomic E-state index is 13.6. The highest BCUT2D eigenvalue weighted by Crippen LogP contribution is 2.28. The van der Waals surface area contributed by atoms with Gasteiger partial charge >= 0.3 is 0 Å². The van der Waals surface area contributed by atoms with E-state index in [-0.39, 0.29) is 11.6 Å². The predicted octanol–water partition coefficient (Wildman–Crippen LogP) is 0.898.